The number of para-hydroxylation sites is 2. The maximum Gasteiger partial charge on any atom is 0.144 e. The van der Waals surface area contributed by atoms with Crippen LogP contribution < -0.4 is 10.7 Å². The van der Waals surface area contributed by atoms with E-state index in [1.165, 1.54) is 0 Å². The van der Waals surface area contributed by atoms with Gasteiger partial charge in [0.15, 0.2) is 0 Å². The molecule has 1 atom stereocenters. The van der Waals surface area contributed by atoms with Crippen LogP contribution in [0.1, 0.15) is 20.8 Å². The first kappa shape index (κ1) is 20.2. The highest BCUT2D eigenvalue weighted by Crippen LogP contribution is 2.18. The molecule has 26 heavy (non-hydrogen) atoms. The molecule has 0 saturated heterocycles. The smallest absolute Gasteiger partial charge is 0.144 e. The summed E-state index contributed by atoms with van der Waals surface area (Å²) in [5.74, 6) is 0. The number of benzene rings is 2. The van der Waals surface area contributed by atoms with Gasteiger partial charge in [0.25, 0.3) is 0 Å². The van der Waals surface area contributed by atoms with E-state index in [1.54, 1.807) is 0 Å². The normalized spacial score (nSPS) is 12.6. The maximum absolute atomic E-state index is 10.1. The molecule has 2 aromatic carbocycles. The Morgan fingerprint density at radius 3 is 2.12 bits per heavy atom. The summed E-state index contributed by atoms with van der Waals surface area (Å²) in [6, 6.07) is 15.4. The summed E-state index contributed by atoms with van der Waals surface area (Å²) in [6.45, 7) is 6.73. The zero-order chi connectivity index (χ0) is 17.9. The minimum Gasteiger partial charge on any atom is -0.456 e. The van der Waals surface area contributed by atoms with E-state index < -0.39 is 6.10 Å². The zero-order valence-electron chi connectivity index (χ0n) is 15.2. The molecule has 6 heteroatoms. The van der Waals surface area contributed by atoms with Crippen LogP contribution in [-0.2, 0) is 4.84 Å². The number of nitrogens with one attached hydrogen (secondary N) is 1. The molecule has 0 aliphatic rings. The lowest BCUT2D eigenvalue weighted by molar-refractivity contribution is 0.0328. The Kier molecular flexibility index (Phi) is 6.64. The van der Waals surface area contributed by atoms with Crippen LogP contribution in [0.3, 0.4) is 0 Å². The Morgan fingerprint density at radius 2 is 1.58 bits per heavy atom. The molecule has 1 aromatic heterocycles. The Bertz CT molecular complexity index is 874. The highest BCUT2D eigenvalue weighted by molar-refractivity contribution is 5.89. The SMILES string of the molecule is CC(C)(C)NCC(O)CON=c1c2ccccc2oc2ccccc12.Cl. The first-order valence-electron chi connectivity index (χ1n) is 8.44. The van der Waals surface area contributed by atoms with Crippen molar-refractivity contribution >= 4 is 34.3 Å². The third-order valence-electron chi connectivity index (χ3n) is 3.80. The van der Waals surface area contributed by atoms with Crippen LogP contribution in [0.25, 0.3) is 21.9 Å². The van der Waals surface area contributed by atoms with E-state index >= 15 is 0 Å². The van der Waals surface area contributed by atoms with E-state index in [0.29, 0.717) is 11.9 Å². The summed E-state index contributed by atoms with van der Waals surface area (Å²) in [7, 11) is 0. The van der Waals surface area contributed by atoms with E-state index in [2.05, 4.69) is 31.2 Å². The number of hydrogen-bond donors (Lipinski definition) is 2. The van der Waals surface area contributed by atoms with Crippen LogP contribution in [0.4, 0.5) is 0 Å². The molecular formula is C20H25ClN2O3. The third-order valence-corrected chi connectivity index (χ3v) is 3.80. The van der Waals surface area contributed by atoms with Crippen LogP contribution in [0, 0.1) is 0 Å². The van der Waals surface area contributed by atoms with E-state index in [0.717, 1.165) is 21.9 Å². The van der Waals surface area contributed by atoms with Gasteiger partial charge >= 0.3 is 0 Å². The van der Waals surface area contributed by atoms with Gasteiger partial charge in [0.1, 0.15) is 29.2 Å². The van der Waals surface area contributed by atoms with Gasteiger partial charge in [-0.2, -0.15) is 0 Å². The van der Waals surface area contributed by atoms with Gasteiger partial charge in [-0.05, 0) is 45.0 Å². The molecule has 0 aliphatic carbocycles. The van der Waals surface area contributed by atoms with Gasteiger partial charge in [0.2, 0.25) is 0 Å². The molecule has 0 radical (unpaired) electrons. The highest BCUT2D eigenvalue weighted by Gasteiger charge is 2.12. The van der Waals surface area contributed by atoms with E-state index in [9.17, 15) is 5.11 Å². The predicted molar refractivity (Wildman–Crippen MR) is 106 cm³/mol. The van der Waals surface area contributed by atoms with E-state index in [1.807, 2.05) is 48.5 Å². The molecule has 140 valence electrons. The molecule has 0 aliphatic heterocycles. The minimum absolute atomic E-state index is 0. The number of aliphatic hydroxyl groups is 1. The molecule has 5 nitrogen and oxygen atoms in total. The molecule has 3 aromatic rings. The number of fused-ring (bicyclic) bond motifs is 2. The summed E-state index contributed by atoms with van der Waals surface area (Å²) < 4.78 is 5.92. The molecule has 1 heterocycles. The Balaban J connectivity index is 0.00000243. The standard InChI is InChI=1S/C20H24N2O3.ClH/c1-20(2,3)21-12-14(23)13-24-22-19-15-8-4-6-10-17(15)25-18-11-7-5-9-16(18)19;/h4-11,14,21,23H,12-13H2,1-3H3;1H. The van der Waals surface area contributed by atoms with Crippen molar-refractivity contribution in [3.8, 4) is 0 Å². The molecule has 0 fully saturated rings. The van der Waals surface area contributed by atoms with Gasteiger partial charge in [-0.1, -0.05) is 29.4 Å². The molecule has 0 bridgehead atoms. The van der Waals surface area contributed by atoms with Gasteiger partial charge in [-0.3, -0.25) is 0 Å². The number of β-amino-alcohol motifs (C(OH)–C–C–N with tert-alkyl or cyclic N) is 1. The first-order chi connectivity index (χ1) is 11.9. The van der Waals surface area contributed by atoms with E-state index in [4.69, 9.17) is 9.25 Å². The number of hydrogen-bond acceptors (Lipinski definition) is 5. The summed E-state index contributed by atoms with van der Waals surface area (Å²) in [4.78, 5) is 5.46. The molecular weight excluding hydrogens is 352 g/mol. The van der Waals surface area contributed by atoms with Gasteiger partial charge in [0, 0.05) is 22.9 Å². The first-order valence-corrected chi connectivity index (χ1v) is 8.44. The lowest BCUT2D eigenvalue weighted by Crippen LogP contribution is -2.42. The molecule has 0 spiro atoms. The Morgan fingerprint density at radius 1 is 1.04 bits per heavy atom. The van der Waals surface area contributed by atoms with Crippen molar-refractivity contribution < 1.29 is 14.4 Å². The summed E-state index contributed by atoms with van der Waals surface area (Å²) in [5.41, 5.74) is 1.45. The fourth-order valence-corrected chi connectivity index (χ4v) is 2.54. The van der Waals surface area contributed by atoms with Gasteiger partial charge in [-0.15, -0.1) is 12.4 Å². The number of aliphatic hydroxyl groups excluding tert-OH is 1. The van der Waals surface area contributed by atoms with Gasteiger partial charge in [-0.25, -0.2) is 0 Å². The fraction of sp³-hybridized carbons (Fsp3) is 0.350. The van der Waals surface area contributed by atoms with Crippen LogP contribution in [-0.4, -0.2) is 29.9 Å². The van der Waals surface area contributed by atoms with Crippen molar-refractivity contribution in [1.29, 1.82) is 0 Å². The quantitative estimate of drug-likeness (QED) is 0.527. The van der Waals surface area contributed by atoms with Crippen LogP contribution >= 0.6 is 12.4 Å². The largest absolute Gasteiger partial charge is 0.456 e. The fourth-order valence-electron chi connectivity index (χ4n) is 2.54. The molecule has 0 amide bonds. The minimum atomic E-state index is -0.631. The van der Waals surface area contributed by atoms with Gasteiger partial charge in [0.05, 0.1) is 0 Å². The van der Waals surface area contributed by atoms with E-state index in [-0.39, 0.29) is 24.6 Å². The van der Waals surface area contributed by atoms with Crippen LogP contribution in [0.15, 0.2) is 58.1 Å². The van der Waals surface area contributed by atoms with Crippen molar-refractivity contribution in [3.05, 3.63) is 53.9 Å². The van der Waals surface area contributed by atoms with Crippen molar-refractivity contribution in [2.24, 2.45) is 5.16 Å². The van der Waals surface area contributed by atoms with Crippen LogP contribution in [0.5, 0.6) is 0 Å². The van der Waals surface area contributed by atoms with Crippen molar-refractivity contribution in [3.63, 3.8) is 0 Å². The molecule has 0 saturated carbocycles. The second-order valence-corrected chi connectivity index (χ2v) is 7.11. The molecule has 2 N–H and O–H groups in total. The second-order valence-electron chi connectivity index (χ2n) is 7.11. The van der Waals surface area contributed by atoms with Crippen molar-refractivity contribution in [1.82, 2.24) is 5.32 Å². The zero-order valence-corrected chi connectivity index (χ0v) is 16.0. The monoisotopic (exact) mass is 376 g/mol. The number of nitrogens with zero attached hydrogens (tertiary/aromatic N) is 1. The second kappa shape index (κ2) is 8.54. The summed E-state index contributed by atoms with van der Waals surface area (Å²) in [5, 5.41) is 20.1. The summed E-state index contributed by atoms with van der Waals surface area (Å²) in [6.07, 6.45) is -0.631. The third kappa shape index (κ3) is 4.97. The average molecular weight is 377 g/mol. The van der Waals surface area contributed by atoms with Crippen molar-refractivity contribution in [2.75, 3.05) is 13.2 Å². The molecule has 1 unspecified atom stereocenters. The molecule has 3 rings (SSSR count). The van der Waals surface area contributed by atoms with Crippen molar-refractivity contribution in [2.45, 2.75) is 32.4 Å². The lowest BCUT2D eigenvalue weighted by Gasteiger charge is -2.22. The Labute approximate surface area is 159 Å². The van der Waals surface area contributed by atoms with Crippen LogP contribution in [0.2, 0.25) is 0 Å². The summed E-state index contributed by atoms with van der Waals surface area (Å²) >= 11 is 0. The predicted octanol–water partition coefficient (Wildman–Crippen LogP) is 3.59. The Hall–Kier alpha value is -2.08. The highest BCUT2D eigenvalue weighted by atomic mass is 35.5. The topological polar surface area (TPSA) is 67.0 Å². The number of rotatable bonds is 5. The number of halogens is 1. The van der Waals surface area contributed by atoms with Gasteiger partial charge < -0.3 is 19.7 Å². The maximum atomic E-state index is 10.1. The lowest BCUT2D eigenvalue weighted by atomic mass is 10.1. The average Bonchev–Trinajstić information content (AvgIpc) is 2.59.